The van der Waals surface area contributed by atoms with Crippen LogP contribution in [0, 0.1) is 13.8 Å². The summed E-state index contributed by atoms with van der Waals surface area (Å²) >= 11 is 9.22. The third-order valence-electron chi connectivity index (χ3n) is 4.60. The average molecular weight is 454 g/mol. The number of fused-ring (bicyclic) bond motifs is 1. The van der Waals surface area contributed by atoms with Crippen molar-refractivity contribution in [2.45, 2.75) is 25.3 Å². The monoisotopic (exact) mass is 453 g/mol. The maximum Gasteiger partial charge on any atom is 0.239 e. The van der Waals surface area contributed by atoms with Crippen LogP contribution in [0.15, 0.2) is 65.7 Å². The molecular weight excluding hydrogens is 434 g/mol. The van der Waals surface area contributed by atoms with E-state index in [4.69, 9.17) is 16.6 Å². The summed E-state index contributed by atoms with van der Waals surface area (Å²) in [5.74, 6) is 0.319. The Labute approximate surface area is 188 Å². The highest BCUT2D eigenvalue weighted by Crippen LogP contribution is 2.34. The number of amides is 1. The van der Waals surface area contributed by atoms with E-state index in [0.29, 0.717) is 22.5 Å². The molecule has 7 heteroatoms. The van der Waals surface area contributed by atoms with Crippen LogP contribution in [0.3, 0.4) is 0 Å². The van der Waals surface area contributed by atoms with Crippen LogP contribution >= 0.6 is 34.7 Å². The van der Waals surface area contributed by atoms with Gasteiger partial charge < -0.3 is 0 Å². The molecule has 0 saturated carbocycles. The first-order valence-corrected chi connectivity index (χ1v) is 11.6. The molecule has 4 nitrogen and oxygen atoms in total. The smallest absolute Gasteiger partial charge is 0.239 e. The van der Waals surface area contributed by atoms with E-state index in [0.717, 1.165) is 26.4 Å². The summed E-state index contributed by atoms with van der Waals surface area (Å²) < 4.78 is 0.972. The maximum absolute atomic E-state index is 13.2. The van der Waals surface area contributed by atoms with Crippen LogP contribution in [-0.4, -0.2) is 21.6 Å². The van der Waals surface area contributed by atoms with E-state index in [-0.39, 0.29) is 5.91 Å². The van der Waals surface area contributed by atoms with Crippen LogP contribution in [-0.2, 0) is 11.3 Å². The molecule has 0 atom stereocenters. The number of carbonyl (C=O) groups is 1. The molecule has 4 rings (SSSR count). The van der Waals surface area contributed by atoms with E-state index in [2.05, 4.69) is 24.0 Å². The Kier molecular flexibility index (Phi) is 6.37. The van der Waals surface area contributed by atoms with Crippen molar-refractivity contribution in [3.05, 3.63) is 82.6 Å². The molecule has 2 aromatic heterocycles. The van der Waals surface area contributed by atoms with Gasteiger partial charge in [0.2, 0.25) is 5.91 Å². The van der Waals surface area contributed by atoms with Gasteiger partial charge in [-0.15, -0.1) is 11.8 Å². The summed E-state index contributed by atoms with van der Waals surface area (Å²) in [5, 5.41) is 1.34. The number of aryl methyl sites for hydroxylation is 2. The van der Waals surface area contributed by atoms with Crippen molar-refractivity contribution in [1.29, 1.82) is 0 Å². The topological polar surface area (TPSA) is 46.1 Å². The molecule has 0 unspecified atom stereocenters. The molecule has 4 aromatic rings. The second-order valence-electron chi connectivity index (χ2n) is 6.97. The summed E-state index contributed by atoms with van der Waals surface area (Å²) in [4.78, 5) is 25.2. The third-order valence-corrected chi connectivity index (χ3v) is 6.84. The molecule has 0 aliphatic rings. The standard InChI is InChI=1S/C23H20ClN3OS2/c1-15-6-8-19(9-7-15)29-14-21(28)27(13-18-5-3-4-10-25-18)23-26-22-16(2)11-17(24)12-20(22)30-23/h3-12H,13-14H2,1-2H3. The van der Waals surface area contributed by atoms with Crippen LogP contribution in [0.25, 0.3) is 10.2 Å². The van der Waals surface area contributed by atoms with Gasteiger partial charge in [0.15, 0.2) is 5.13 Å². The Morgan fingerprint density at radius 3 is 2.67 bits per heavy atom. The predicted molar refractivity (Wildman–Crippen MR) is 127 cm³/mol. The van der Waals surface area contributed by atoms with Crippen LogP contribution in [0.1, 0.15) is 16.8 Å². The van der Waals surface area contributed by atoms with E-state index in [1.807, 2.05) is 49.4 Å². The van der Waals surface area contributed by atoms with E-state index < -0.39 is 0 Å². The second kappa shape index (κ2) is 9.16. The summed E-state index contributed by atoms with van der Waals surface area (Å²) in [5.41, 5.74) is 3.90. The van der Waals surface area contributed by atoms with Crippen LogP contribution in [0.4, 0.5) is 5.13 Å². The van der Waals surface area contributed by atoms with Gasteiger partial charge in [-0.25, -0.2) is 4.98 Å². The molecule has 2 aromatic carbocycles. The lowest BCUT2D eigenvalue weighted by Crippen LogP contribution is -2.32. The minimum absolute atomic E-state index is 0.00552. The van der Waals surface area contributed by atoms with Gasteiger partial charge in [0.1, 0.15) is 0 Å². The largest absolute Gasteiger partial charge is 0.281 e. The number of aromatic nitrogens is 2. The highest BCUT2D eigenvalue weighted by Gasteiger charge is 2.21. The minimum atomic E-state index is -0.00552. The molecule has 0 fully saturated rings. The zero-order valence-corrected chi connectivity index (χ0v) is 19.0. The number of halogens is 1. The highest BCUT2D eigenvalue weighted by molar-refractivity contribution is 8.00. The molecular formula is C23H20ClN3OS2. The second-order valence-corrected chi connectivity index (χ2v) is 9.46. The fraction of sp³-hybridized carbons (Fsp3) is 0.174. The molecule has 2 heterocycles. The van der Waals surface area contributed by atoms with Crippen LogP contribution in [0.2, 0.25) is 5.02 Å². The van der Waals surface area contributed by atoms with Crippen molar-refractivity contribution in [2.24, 2.45) is 0 Å². The number of pyridine rings is 1. The number of benzene rings is 2. The van der Waals surface area contributed by atoms with E-state index >= 15 is 0 Å². The Morgan fingerprint density at radius 1 is 1.13 bits per heavy atom. The molecule has 0 radical (unpaired) electrons. The molecule has 30 heavy (non-hydrogen) atoms. The van der Waals surface area contributed by atoms with E-state index in [1.165, 1.54) is 28.7 Å². The van der Waals surface area contributed by atoms with Crippen LogP contribution in [0.5, 0.6) is 0 Å². The number of carbonyl (C=O) groups excluding carboxylic acids is 1. The van der Waals surface area contributed by atoms with Crippen molar-refractivity contribution in [2.75, 3.05) is 10.7 Å². The molecule has 152 valence electrons. The fourth-order valence-electron chi connectivity index (χ4n) is 3.03. The Bertz CT molecular complexity index is 1180. The van der Waals surface area contributed by atoms with Crippen LogP contribution < -0.4 is 4.90 Å². The zero-order chi connectivity index (χ0) is 21.1. The number of rotatable bonds is 6. The molecule has 0 aliphatic heterocycles. The SMILES string of the molecule is Cc1ccc(SCC(=O)N(Cc2ccccn2)c2nc3c(C)cc(Cl)cc3s2)cc1. The summed E-state index contributed by atoms with van der Waals surface area (Å²) in [7, 11) is 0. The third kappa shape index (κ3) is 4.83. The Morgan fingerprint density at radius 2 is 1.93 bits per heavy atom. The molecule has 0 bridgehead atoms. The quantitative estimate of drug-likeness (QED) is 0.322. The molecule has 1 amide bonds. The first-order valence-electron chi connectivity index (χ1n) is 9.46. The van der Waals surface area contributed by atoms with Gasteiger partial charge in [0.05, 0.1) is 28.2 Å². The van der Waals surface area contributed by atoms with Crippen molar-refractivity contribution in [3.63, 3.8) is 0 Å². The van der Waals surface area contributed by atoms with Crippen molar-refractivity contribution >= 4 is 56.0 Å². The zero-order valence-electron chi connectivity index (χ0n) is 16.6. The van der Waals surface area contributed by atoms with Gasteiger partial charge in [-0.2, -0.15) is 0 Å². The molecule has 0 saturated heterocycles. The van der Waals surface area contributed by atoms with E-state index in [9.17, 15) is 4.79 Å². The lowest BCUT2D eigenvalue weighted by Gasteiger charge is -2.19. The number of hydrogen-bond donors (Lipinski definition) is 0. The molecule has 0 N–H and O–H groups in total. The molecule has 0 aliphatic carbocycles. The number of anilines is 1. The molecule has 0 spiro atoms. The number of thioether (sulfide) groups is 1. The lowest BCUT2D eigenvalue weighted by molar-refractivity contribution is -0.116. The normalized spacial score (nSPS) is 11.0. The van der Waals surface area contributed by atoms with Gasteiger partial charge in [0, 0.05) is 16.1 Å². The van der Waals surface area contributed by atoms with Gasteiger partial charge in [-0.3, -0.25) is 14.7 Å². The predicted octanol–water partition coefficient (Wildman–Crippen LogP) is 6.29. The number of thiazole rings is 1. The summed E-state index contributed by atoms with van der Waals surface area (Å²) in [6.45, 7) is 4.41. The van der Waals surface area contributed by atoms with Gasteiger partial charge in [0.25, 0.3) is 0 Å². The maximum atomic E-state index is 13.2. The van der Waals surface area contributed by atoms with Crippen molar-refractivity contribution < 1.29 is 4.79 Å². The minimum Gasteiger partial charge on any atom is -0.281 e. The van der Waals surface area contributed by atoms with E-state index in [1.54, 1.807) is 11.1 Å². The summed E-state index contributed by atoms with van der Waals surface area (Å²) in [6, 6.07) is 17.7. The van der Waals surface area contributed by atoms with Gasteiger partial charge >= 0.3 is 0 Å². The van der Waals surface area contributed by atoms with Crippen molar-refractivity contribution in [1.82, 2.24) is 9.97 Å². The van der Waals surface area contributed by atoms with Gasteiger partial charge in [-0.05, 0) is 55.8 Å². The first kappa shape index (κ1) is 20.8. The highest BCUT2D eigenvalue weighted by atomic mass is 35.5. The summed E-state index contributed by atoms with van der Waals surface area (Å²) in [6.07, 6.45) is 1.74. The average Bonchev–Trinajstić information content (AvgIpc) is 3.16. The number of hydrogen-bond acceptors (Lipinski definition) is 5. The first-order chi connectivity index (χ1) is 14.5. The van der Waals surface area contributed by atoms with Gasteiger partial charge in [-0.1, -0.05) is 46.7 Å². The number of nitrogens with zero attached hydrogens (tertiary/aromatic N) is 3. The Hall–Kier alpha value is -2.41. The Balaban J connectivity index is 1.63. The van der Waals surface area contributed by atoms with Crippen molar-refractivity contribution in [3.8, 4) is 0 Å². The fourth-order valence-corrected chi connectivity index (χ4v) is 5.24. The lowest BCUT2D eigenvalue weighted by atomic mass is 10.2.